The summed E-state index contributed by atoms with van der Waals surface area (Å²) in [6.45, 7) is 8.74. The number of carbonyl (C=O) groups is 2. The van der Waals surface area contributed by atoms with Crippen LogP contribution in [0.4, 0.5) is 4.39 Å². The first-order chi connectivity index (χ1) is 11.3. The number of halogens is 1. The molecule has 1 aliphatic rings. The van der Waals surface area contributed by atoms with Gasteiger partial charge in [0.05, 0.1) is 5.75 Å². The van der Waals surface area contributed by atoms with E-state index in [9.17, 15) is 14.0 Å². The van der Waals surface area contributed by atoms with Gasteiger partial charge in [0.25, 0.3) is 0 Å². The molecule has 24 heavy (non-hydrogen) atoms. The van der Waals surface area contributed by atoms with Gasteiger partial charge in [-0.15, -0.1) is 11.8 Å². The Morgan fingerprint density at radius 3 is 2.46 bits per heavy atom. The number of nitrogens with zero attached hydrogens (tertiary/aromatic N) is 2. The summed E-state index contributed by atoms with van der Waals surface area (Å²) in [6.07, 6.45) is 0. The molecule has 1 saturated heterocycles. The Labute approximate surface area is 147 Å². The molecule has 6 heteroatoms. The van der Waals surface area contributed by atoms with Gasteiger partial charge in [-0.05, 0) is 31.5 Å². The molecular weight excluding hydrogens is 327 g/mol. The normalized spacial score (nSPS) is 17.9. The monoisotopic (exact) mass is 352 g/mol. The minimum atomic E-state index is -0.284. The van der Waals surface area contributed by atoms with Crippen molar-refractivity contribution in [3.63, 3.8) is 0 Å². The topological polar surface area (TPSA) is 40.6 Å². The van der Waals surface area contributed by atoms with Gasteiger partial charge < -0.3 is 9.80 Å². The van der Waals surface area contributed by atoms with Crippen molar-refractivity contribution in [1.29, 1.82) is 0 Å². The molecule has 2 rings (SSSR count). The van der Waals surface area contributed by atoms with E-state index < -0.39 is 0 Å². The van der Waals surface area contributed by atoms with E-state index in [0.717, 1.165) is 5.56 Å². The SMILES string of the molecule is CC(C)C(=O)N(CCN1C(=O)CS[C@H]1c1ccc(F)cc1)C(C)C. The number of amides is 2. The van der Waals surface area contributed by atoms with Crippen molar-refractivity contribution in [2.24, 2.45) is 5.92 Å². The van der Waals surface area contributed by atoms with Crippen LogP contribution in [0.1, 0.15) is 38.6 Å². The Kier molecular flexibility index (Phi) is 6.27. The maximum Gasteiger partial charge on any atom is 0.233 e. The largest absolute Gasteiger partial charge is 0.338 e. The van der Waals surface area contributed by atoms with E-state index in [1.807, 2.05) is 32.6 Å². The summed E-state index contributed by atoms with van der Waals surface area (Å²) in [6, 6.07) is 6.37. The van der Waals surface area contributed by atoms with E-state index in [-0.39, 0.29) is 35.0 Å². The predicted molar refractivity (Wildman–Crippen MR) is 95.0 cm³/mol. The second-order valence-electron chi connectivity index (χ2n) is 6.58. The summed E-state index contributed by atoms with van der Waals surface area (Å²) < 4.78 is 13.1. The van der Waals surface area contributed by atoms with E-state index in [1.54, 1.807) is 28.8 Å². The molecule has 132 valence electrons. The van der Waals surface area contributed by atoms with Crippen LogP contribution in [0.15, 0.2) is 24.3 Å². The van der Waals surface area contributed by atoms with Gasteiger partial charge in [0, 0.05) is 25.0 Å². The highest BCUT2D eigenvalue weighted by Crippen LogP contribution is 2.38. The van der Waals surface area contributed by atoms with E-state index >= 15 is 0 Å². The molecule has 1 aromatic rings. The molecule has 1 heterocycles. The summed E-state index contributed by atoms with van der Waals surface area (Å²) in [5.41, 5.74) is 0.915. The van der Waals surface area contributed by atoms with Crippen molar-refractivity contribution in [3.05, 3.63) is 35.6 Å². The number of thioether (sulfide) groups is 1. The molecular formula is C18H25FN2O2S. The van der Waals surface area contributed by atoms with Gasteiger partial charge in [0.2, 0.25) is 11.8 Å². The highest BCUT2D eigenvalue weighted by atomic mass is 32.2. The highest BCUT2D eigenvalue weighted by molar-refractivity contribution is 8.00. The van der Waals surface area contributed by atoms with Crippen molar-refractivity contribution in [2.45, 2.75) is 39.1 Å². The van der Waals surface area contributed by atoms with E-state index in [0.29, 0.717) is 18.8 Å². The Morgan fingerprint density at radius 2 is 1.92 bits per heavy atom. The van der Waals surface area contributed by atoms with Crippen molar-refractivity contribution < 1.29 is 14.0 Å². The average molecular weight is 352 g/mol. The van der Waals surface area contributed by atoms with Crippen LogP contribution < -0.4 is 0 Å². The molecule has 0 saturated carbocycles. The van der Waals surface area contributed by atoms with Crippen LogP contribution in [0.3, 0.4) is 0 Å². The molecule has 0 N–H and O–H groups in total. The molecule has 4 nitrogen and oxygen atoms in total. The molecule has 0 unspecified atom stereocenters. The first-order valence-electron chi connectivity index (χ1n) is 8.28. The van der Waals surface area contributed by atoms with Crippen LogP contribution in [-0.4, -0.2) is 46.5 Å². The third-order valence-electron chi connectivity index (χ3n) is 4.11. The van der Waals surface area contributed by atoms with Crippen LogP contribution >= 0.6 is 11.8 Å². The molecule has 1 aromatic carbocycles. The van der Waals surface area contributed by atoms with Gasteiger partial charge in [0.1, 0.15) is 11.2 Å². The van der Waals surface area contributed by atoms with Crippen molar-refractivity contribution in [3.8, 4) is 0 Å². The van der Waals surface area contributed by atoms with Crippen molar-refractivity contribution in [2.75, 3.05) is 18.8 Å². The van der Waals surface area contributed by atoms with Gasteiger partial charge in [-0.25, -0.2) is 4.39 Å². The van der Waals surface area contributed by atoms with Gasteiger partial charge >= 0.3 is 0 Å². The zero-order valence-electron chi connectivity index (χ0n) is 14.7. The fourth-order valence-electron chi connectivity index (χ4n) is 2.77. The quantitative estimate of drug-likeness (QED) is 0.789. The second kappa shape index (κ2) is 8.01. The van der Waals surface area contributed by atoms with Gasteiger partial charge in [0.15, 0.2) is 0 Å². The number of carbonyl (C=O) groups excluding carboxylic acids is 2. The van der Waals surface area contributed by atoms with Crippen LogP contribution in [0, 0.1) is 11.7 Å². The average Bonchev–Trinajstić information content (AvgIpc) is 2.89. The summed E-state index contributed by atoms with van der Waals surface area (Å²) >= 11 is 1.54. The summed E-state index contributed by atoms with van der Waals surface area (Å²) in [5.74, 6) is 0.233. The fraction of sp³-hybridized carbons (Fsp3) is 0.556. The smallest absolute Gasteiger partial charge is 0.233 e. The molecule has 1 aliphatic heterocycles. The maximum atomic E-state index is 13.1. The molecule has 2 amide bonds. The lowest BCUT2D eigenvalue weighted by molar-refractivity contribution is -0.138. The third kappa shape index (κ3) is 4.29. The Hall–Kier alpha value is -1.56. The molecule has 1 atom stereocenters. The van der Waals surface area contributed by atoms with E-state index in [4.69, 9.17) is 0 Å². The van der Waals surface area contributed by atoms with E-state index in [1.165, 1.54) is 12.1 Å². The third-order valence-corrected chi connectivity index (χ3v) is 5.36. The van der Waals surface area contributed by atoms with Crippen LogP contribution in [0.2, 0.25) is 0 Å². The van der Waals surface area contributed by atoms with Crippen LogP contribution in [0.5, 0.6) is 0 Å². The zero-order valence-corrected chi connectivity index (χ0v) is 15.5. The van der Waals surface area contributed by atoms with Crippen LogP contribution in [-0.2, 0) is 9.59 Å². The number of benzene rings is 1. The fourth-order valence-corrected chi connectivity index (χ4v) is 3.99. The molecule has 0 aliphatic carbocycles. The summed E-state index contributed by atoms with van der Waals surface area (Å²) in [4.78, 5) is 28.2. The first kappa shape index (κ1) is 18.8. The summed E-state index contributed by atoms with van der Waals surface area (Å²) in [5, 5.41) is -0.110. The second-order valence-corrected chi connectivity index (χ2v) is 7.65. The maximum absolute atomic E-state index is 13.1. The number of rotatable bonds is 6. The highest BCUT2D eigenvalue weighted by Gasteiger charge is 2.33. The molecule has 0 aromatic heterocycles. The Morgan fingerprint density at radius 1 is 1.29 bits per heavy atom. The Balaban J connectivity index is 2.09. The number of hydrogen-bond donors (Lipinski definition) is 0. The molecule has 0 bridgehead atoms. The molecule has 1 fully saturated rings. The minimum Gasteiger partial charge on any atom is -0.338 e. The van der Waals surface area contributed by atoms with Crippen molar-refractivity contribution in [1.82, 2.24) is 9.80 Å². The number of hydrogen-bond acceptors (Lipinski definition) is 3. The lowest BCUT2D eigenvalue weighted by atomic mass is 10.1. The standard InChI is InChI=1S/C18H25FN2O2S/c1-12(2)17(23)20(13(3)4)9-10-21-16(22)11-24-18(21)14-5-7-15(19)8-6-14/h5-8,12-13,18H,9-11H2,1-4H3/t18-/m0/s1. The molecule has 0 radical (unpaired) electrons. The Bertz CT molecular complexity index is 589. The molecule has 0 spiro atoms. The van der Waals surface area contributed by atoms with E-state index in [2.05, 4.69) is 0 Å². The zero-order chi connectivity index (χ0) is 17.9. The lowest BCUT2D eigenvalue weighted by Gasteiger charge is -2.32. The first-order valence-corrected chi connectivity index (χ1v) is 9.33. The summed E-state index contributed by atoms with van der Waals surface area (Å²) in [7, 11) is 0. The van der Waals surface area contributed by atoms with Gasteiger partial charge in [-0.2, -0.15) is 0 Å². The predicted octanol–water partition coefficient (Wildman–Crippen LogP) is 3.29. The van der Waals surface area contributed by atoms with Crippen LogP contribution in [0.25, 0.3) is 0 Å². The van der Waals surface area contributed by atoms with Gasteiger partial charge in [-0.3, -0.25) is 9.59 Å². The van der Waals surface area contributed by atoms with Gasteiger partial charge in [-0.1, -0.05) is 26.0 Å². The lowest BCUT2D eigenvalue weighted by Crippen LogP contribution is -2.45. The minimum absolute atomic E-state index is 0.0648. The van der Waals surface area contributed by atoms with Crippen molar-refractivity contribution >= 4 is 23.6 Å².